The van der Waals surface area contributed by atoms with Gasteiger partial charge in [-0.25, -0.2) is 14.8 Å². The fourth-order valence-electron chi connectivity index (χ4n) is 4.86. The van der Waals surface area contributed by atoms with E-state index in [1.54, 1.807) is 11.3 Å². The number of carbonyl (C=O) groups is 2. The number of fused-ring (bicyclic) bond motifs is 1. The second kappa shape index (κ2) is 8.26. The van der Waals surface area contributed by atoms with Crippen molar-refractivity contribution in [2.75, 3.05) is 13.1 Å². The predicted octanol–water partition coefficient (Wildman–Crippen LogP) is 3.72. The number of hydrogen-bond donors (Lipinski definition) is 1. The average Bonchev–Trinajstić information content (AvgIpc) is 3.38. The number of rotatable bonds is 5. The maximum Gasteiger partial charge on any atom is 0.325 e. The first-order valence-corrected chi connectivity index (χ1v) is 12.0. The van der Waals surface area contributed by atoms with E-state index in [0.717, 1.165) is 60.5 Å². The molecule has 166 valence electrons. The van der Waals surface area contributed by atoms with Crippen LogP contribution in [0.1, 0.15) is 36.7 Å². The Hall–Kier alpha value is -2.84. The predicted molar refractivity (Wildman–Crippen MR) is 124 cm³/mol. The summed E-state index contributed by atoms with van der Waals surface area (Å²) in [5, 5.41) is 6.95. The van der Waals surface area contributed by atoms with Crippen LogP contribution in [0.3, 0.4) is 0 Å². The van der Waals surface area contributed by atoms with Gasteiger partial charge in [0.05, 0.1) is 29.0 Å². The first-order chi connectivity index (χ1) is 15.4. The van der Waals surface area contributed by atoms with E-state index in [-0.39, 0.29) is 17.9 Å². The van der Waals surface area contributed by atoms with E-state index in [0.29, 0.717) is 6.54 Å². The van der Waals surface area contributed by atoms with E-state index < -0.39 is 5.54 Å². The van der Waals surface area contributed by atoms with Gasteiger partial charge in [-0.1, -0.05) is 12.1 Å². The highest BCUT2D eigenvalue weighted by molar-refractivity contribution is 7.07. The number of benzene rings is 1. The molecular weight excluding hydrogens is 422 g/mol. The lowest BCUT2D eigenvalue weighted by molar-refractivity contribution is -0.133. The number of imide groups is 1. The number of thiophene rings is 1. The number of nitrogens with one attached hydrogen (secondary N) is 1. The van der Waals surface area contributed by atoms with Crippen molar-refractivity contribution in [1.82, 2.24) is 25.1 Å². The summed E-state index contributed by atoms with van der Waals surface area (Å²) in [6, 6.07) is 9.61. The number of carbonyl (C=O) groups excluding carboxylic acids is 2. The van der Waals surface area contributed by atoms with Gasteiger partial charge in [-0.2, -0.15) is 11.3 Å². The summed E-state index contributed by atoms with van der Waals surface area (Å²) in [4.78, 5) is 39.1. The van der Waals surface area contributed by atoms with E-state index in [1.165, 1.54) is 4.90 Å². The summed E-state index contributed by atoms with van der Waals surface area (Å²) in [5.41, 5.74) is 3.95. The number of nitrogens with zero attached hydrogens (tertiary/aromatic N) is 4. The Morgan fingerprint density at radius 3 is 2.50 bits per heavy atom. The third-order valence-electron chi connectivity index (χ3n) is 6.84. The topological polar surface area (TPSA) is 78.4 Å². The largest absolute Gasteiger partial charge is 0.325 e. The Bertz CT molecular complexity index is 1160. The summed E-state index contributed by atoms with van der Waals surface area (Å²) in [6.45, 7) is 6.71. The summed E-state index contributed by atoms with van der Waals surface area (Å²) < 4.78 is 0. The molecule has 3 aromatic rings. The highest BCUT2D eigenvalue weighted by Crippen LogP contribution is 2.34. The van der Waals surface area contributed by atoms with Gasteiger partial charge in [0.2, 0.25) is 0 Å². The van der Waals surface area contributed by atoms with Crippen LogP contribution in [0.15, 0.2) is 41.1 Å². The molecule has 2 aromatic heterocycles. The number of aryl methyl sites for hydroxylation is 1. The van der Waals surface area contributed by atoms with Gasteiger partial charge in [-0.3, -0.25) is 14.6 Å². The third kappa shape index (κ3) is 3.78. The van der Waals surface area contributed by atoms with E-state index >= 15 is 0 Å². The molecule has 3 amide bonds. The molecule has 0 bridgehead atoms. The molecule has 32 heavy (non-hydrogen) atoms. The quantitative estimate of drug-likeness (QED) is 0.601. The molecule has 2 fully saturated rings. The van der Waals surface area contributed by atoms with Gasteiger partial charge in [-0.05, 0) is 80.2 Å². The van der Waals surface area contributed by atoms with Crippen molar-refractivity contribution < 1.29 is 9.59 Å². The molecule has 1 atom stereocenters. The number of amides is 3. The summed E-state index contributed by atoms with van der Waals surface area (Å²) in [6.07, 6.45) is 1.71. The fraction of sp³-hybridized carbons (Fsp3) is 0.417. The van der Waals surface area contributed by atoms with Crippen molar-refractivity contribution in [3.63, 3.8) is 0 Å². The van der Waals surface area contributed by atoms with E-state index in [1.807, 2.05) is 54.9 Å². The average molecular weight is 450 g/mol. The van der Waals surface area contributed by atoms with Crippen LogP contribution in [0.4, 0.5) is 4.79 Å². The molecular formula is C24H27N5O2S. The number of urea groups is 1. The molecule has 7 nitrogen and oxygen atoms in total. The van der Waals surface area contributed by atoms with Crippen LogP contribution in [-0.2, 0) is 17.9 Å². The van der Waals surface area contributed by atoms with Gasteiger partial charge in [0, 0.05) is 6.54 Å². The molecule has 8 heteroatoms. The molecule has 2 aliphatic heterocycles. The Kier molecular flexibility index (Phi) is 5.43. The second-order valence-corrected chi connectivity index (χ2v) is 9.73. The standard InChI is InChI=1S/C24H27N5O2S/c1-16-21(26-20-6-4-3-5-19(20)25-16)14-28-10-7-18(8-11-28)24(2)22(30)29(23(31)27-24)13-17-9-12-32-15-17/h3-6,9,12,15,18H,7-8,10-11,13-14H2,1-2H3,(H,27,31)/t24-/m1/s1. The van der Waals surface area contributed by atoms with Gasteiger partial charge < -0.3 is 5.32 Å². The highest BCUT2D eigenvalue weighted by Gasteiger charge is 2.52. The lowest BCUT2D eigenvalue weighted by Gasteiger charge is -2.38. The van der Waals surface area contributed by atoms with Gasteiger partial charge >= 0.3 is 6.03 Å². The summed E-state index contributed by atoms with van der Waals surface area (Å²) in [5.74, 6) is 0.00912. The molecule has 2 aliphatic rings. The van der Waals surface area contributed by atoms with E-state index in [2.05, 4.69) is 10.2 Å². The lowest BCUT2D eigenvalue weighted by atomic mass is 9.79. The van der Waals surface area contributed by atoms with E-state index in [9.17, 15) is 9.59 Å². The first-order valence-electron chi connectivity index (χ1n) is 11.0. The number of aromatic nitrogens is 2. The molecule has 0 spiro atoms. The van der Waals surface area contributed by atoms with Crippen LogP contribution < -0.4 is 5.32 Å². The molecule has 0 radical (unpaired) electrons. The molecule has 1 N–H and O–H groups in total. The zero-order valence-electron chi connectivity index (χ0n) is 18.4. The van der Waals surface area contributed by atoms with Crippen molar-refractivity contribution in [2.24, 2.45) is 5.92 Å². The maximum atomic E-state index is 13.2. The minimum atomic E-state index is -0.835. The van der Waals surface area contributed by atoms with Gasteiger partial charge in [0.1, 0.15) is 5.54 Å². The fourth-order valence-corrected chi connectivity index (χ4v) is 5.52. The van der Waals surface area contributed by atoms with Gasteiger partial charge in [0.25, 0.3) is 5.91 Å². The van der Waals surface area contributed by atoms with Crippen LogP contribution in [0.5, 0.6) is 0 Å². The Balaban J connectivity index is 1.24. The number of para-hydroxylation sites is 2. The van der Waals surface area contributed by atoms with E-state index in [4.69, 9.17) is 9.97 Å². The minimum absolute atomic E-state index is 0.108. The Morgan fingerprint density at radius 1 is 1.09 bits per heavy atom. The molecule has 0 aliphatic carbocycles. The number of hydrogen-bond acceptors (Lipinski definition) is 6. The van der Waals surface area contributed by atoms with Crippen molar-refractivity contribution >= 4 is 34.3 Å². The monoisotopic (exact) mass is 449 g/mol. The maximum absolute atomic E-state index is 13.2. The Labute approximate surface area is 191 Å². The second-order valence-electron chi connectivity index (χ2n) is 8.95. The van der Waals surface area contributed by atoms with Crippen LogP contribution in [0.25, 0.3) is 11.0 Å². The van der Waals surface area contributed by atoms with Crippen LogP contribution >= 0.6 is 11.3 Å². The normalized spacial score (nSPS) is 22.6. The number of piperidine rings is 1. The van der Waals surface area contributed by atoms with Crippen molar-refractivity contribution in [2.45, 2.75) is 45.3 Å². The molecule has 4 heterocycles. The van der Waals surface area contributed by atoms with Crippen molar-refractivity contribution in [3.05, 3.63) is 58.0 Å². The zero-order chi connectivity index (χ0) is 22.3. The summed E-state index contributed by atoms with van der Waals surface area (Å²) in [7, 11) is 0. The van der Waals surface area contributed by atoms with Crippen LogP contribution in [-0.4, -0.2) is 50.3 Å². The minimum Gasteiger partial charge on any atom is -0.323 e. The first kappa shape index (κ1) is 21.0. The molecule has 1 aromatic carbocycles. The van der Waals surface area contributed by atoms with Crippen molar-refractivity contribution in [1.29, 1.82) is 0 Å². The Morgan fingerprint density at radius 2 is 1.81 bits per heavy atom. The van der Waals surface area contributed by atoms with Crippen LogP contribution in [0, 0.1) is 12.8 Å². The lowest BCUT2D eigenvalue weighted by Crippen LogP contribution is -2.53. The smallest absolute Gasteiger partial charge is 0.323 e. The van der Waals surface area contributed by atoms with Gasteiger partial charge in [0.15, 0.2) is 0 Å². The van der Waals surface area contributed by atoms with Crippen LogP contribution in [0.2, 0.25) is 0 Å². The SMILES string of the molecule is Cc1nc2ccccc2nc1CN1CCC([C@@]2(C)NC(=O)N(Cc3ccsc3)C2=O)CC1. The third-order valence-corrected chi connectivity index (χ3v) is 7.57. The summed E-state index contributed by atoms with van der Waals surface area (Å²) >= 11 is 1.57. The molecule has 5 rings (SSSR count). The number of likely N-dealkylation sites (tertiary alicyclic amines) is 1. The molecule has 2 saturated heterocycles. The zero-order valence-corrected chi connectivity index (χ0v) is 19.2. The van der Waals surface area contributed by atoms with Crippen molar-refractivity contribution in [3.8, 4) is 0 Å². The molecule has 0 unspecified atom stereocenters. The highest BCUT2D eigenvalue weighted by atomic mass is 32.1. The molecule has 0 saturated carbocycles. The van der Waals surface area contributed by atoms with Gasteiger partial charge in [-0.15, -0.1) is 0 Å².